The molecule has 0 fully saturated rings. The lowest BCUT2D eigenvalue weighted by Crippen LogP contribution is -2.59. The van der Waals surface area contributed by atoms with Gasteiger partial charge in [-0.25, -0.2) is 8.32 Å². The molecule has 0 saturated heterocycles. The van der Waals surface area contributed by atoms with E-state index in [0.29, 0.717) is 12.8 Å². The van der Waals surface area contributed by atoms with Crippen LogP contribution in [0, 0.1) is 5.92 Å². The van der Waals surface area contributed by atoms with Crippen molar-refractivity contribution in [3.63, 3.8) is 0 Å². The Balaban J connectivity index is 2.90. The van der Waals surface area contributed by atoms with Crippen molar-refractivity contribution in [2.24, 2.45) is 11.7 Å². The van der Waals surface area contributed by atoms with Gasteiger partial charge in [0.15, 0.2) is 0 Å². The second-order valence-corrected chi connectivity index (χ2v) is 8.44. The monoisotopic (exact) mass is 561 g/mol. The zero-order chi connectivity index (χ0) is 24.1. The highest BCUT2D eigenvalue weighted by Crippen LogP contribution is 2.17. The lowest BCUT2D eigenvalue weighted by Gasteiger charge is -2.32. The lowest BCUT2D eigenvalue weighted by molar-refractivity contribution is -0.142. The minimum Gasteiger partial charge on any atom is -0.461 e. The number of esters is 1. The SMILES string of the molecule is CC(=O)OCc1ccc(NCC(C=O)(CCCNC(N)=O)NC(=O)[C@@H](NI)C(C)C)cc1. The molecule has 1 rings (SSSR count). The largest absolute Gasteiger partial charge is 0.461 e. The van der Waals surface area contributed by atoms with Gasteiger partial charge in [-0.15, -0.1) is 0 Å². The summed E-state index contributed by atoms with van der Waals surface area (Å²) in [4.78, 5) is 46.8. The maximum atomic E-state index is 12.8. The number of rotatable bonds is 14. The summed E-state index contributed by atoms with van der Waals surface area (Å²) < 4.78 is 7.91. The first kappa shape index (κ1) is 27.6. The van der Waals surface area contributed by atoms with Gasteiger partial charge < -0.3 is 31.2 Å². The molecule has 0 bridgehead atoms. The fraction of sp³-hybridized carbons (Fsp3) is 0.524. The van der Waals surface area contributed by atoms with Crippen molar-refractivity contribution in [1.82, 2.24) is 14.2 Å². The molecule has 10 nitrogen and oxygen atoms in total. The number of benzene rings is 1. The molecule has 0 aromatic heterocycles. The average molecular weight is 561 g/mol. The topological polar surface area (TPSA) is 152 Å². The Bertz CT molecular complexity index is 774. The first-order chi connectivity index (χ1) is 15.1. The molecule has 11 heteroatoms. The number of hydrogen-bond acceptors (Lipinski definition) is 7. The van der Waals surface area contributed by atoms with Crippen LogP contribution in [0.1, 0.15) is 39.2 Å². The number of urea groups is 1. The molecular weight excluding hydrogens is 529 g/mol. The molecule has 0 aliphatic heterocycles. The van der Waals surface area contributed by atoms with Gasteiger partial charge in [0, 0.05) is 48.6 Å². The van der Waals surface area contributed by atoms with Gasteiger partial charge in [-0.05, 0) is 36.5 Å². The number of amides is 3. The van der Waals surface area contributed by atoms with E-state index >= 15 is 0 Å². The van der Waals surface area contributed by atoms with Gasteiger partial charge in [0.1, 0.15) is 18.4 Å². The highest BCUT2D eigenvalue weighted by atomic mass is 127. The van der Waals surface area contributed by atoms with Gasteiger partial charge >= 0.3 is 12.0 Å². The number of carbonyl (C=O) groups excluding carboxylic acids is 4. The van der Waals surface area contributed by atoms with Crippen molar-refractivity contribution >= 4 is 52.7 Å². The summed E-state index contributed by atoms with van der Waals surface area (Å²) in [6.07, 6.45) is 1.46. The van der Waals surface area contributed by atoms with E-state index in [9.17, 15) is 19.2 Å². The van der Waals surface area contributed by atoms with E-state index in [0.717, 1.165) is 17.5 Å². The minimum atomic E-state index is -1.19. The smallest absolute Gasteiger partial charge is 0.312 e. The van der Waals surface area contributed by atoms with Gasteiger partial charge in [0.05, 0.1) is 6.04 Å². The van der Waals surface area contributed by atoms with Crippen molar-refractivity contribution in [3.05, 3.63) is 29.8 Å². The quantitative estimate of drug-likeness (QED) is 0.0762. The van der Waals surface area contributed by atoms with Crippen LogP contribution in [0.2, 0.25) is 0 Å². The molecule has 0 aliphatic carbocycles. The zero-order valence-corrected chi connectivity index (χ0v) is 20.7. The lowest BCUT2D eigenvalue weighted by atomic mass is 9.93. The zero-order valence-electron chi connectivity index (χ0n) is 18.6. The molecule has 1 unspecified atom stereocenters. The molecule has 32 heavy (non-hydrogen) atoms. The Morgan fingerprint density at radius 2 is 1.88 bits per heavy atom. The fourth-order valence-electron chi connectivity index (χ4n) is 2.91. The molecule has 0 saturated carbocycles. The number of primary amides is 1. The van der Waals surface area contributed by atoms with E-state index < -0.39 is 17.6 Å². The van der Waals surface area contributed by atoms with E-state index in [1.165, 1.54) is 6.92 Å². The minimum absolute atomic E-state index is 0.0190. The van der Waals surface area contributed by atoms with E-state index in [-0.39, 0.29) is 37.5 Å². The van der Waals surface area contributed by atoms with Crippen LogP contribution in [-0.4, -0.2) is 48.9 Å². The van der Waals surface area contributed by atoms with Crippen molar-refractivity contribution in [3.8, 4) is 0 Å². The molecule has 0 radical (unpaired) electrons. The Hall–Kier alpha value is -2.41. The number of aldehydes is 1. The standard InChI is InChI=1S/C21H32IN5O5/c1-14(2)18(27-22)19(30)26-21(13-28,9-4-10-24-20(23)31)12-25-17-7-5-16(6-8-17)11-32-15(3)29/h5-8,13-14,18,25,27H,4,9-12H2,1-3H3,(H,26,30)(H3,23,24,31)/t18-,21?/m0/s1. The van der Waals surface area contributed by atoms with Crippen molar-refractivity contribution < 1.29 is 23.9 Å². The molecule has 0 heterocycles. The van der Waals surface area contributed by atoms with Crippen LogP contribution in [0.15, 0.2) is 24.3 Å². The van der Waals surface area contributed by atoms with Gasteiger partial charge in [0.25, 0.3) is 0 Å². The third-order valence-electron chi connectivity index (χ3n) is 4.77. The van der Waals surface area contributed by atoms with Crippen molar-refractivity contribution in [1.29, 1.82) is 0 Å². The van der Waals surface area contributed by atoms with Gasteiger partial charge in [-0.2, -0.15) is 0 Å². The summed E-state index contributed by atoms with van der Waals surface area (Å²) in [5, 5.41) is 8.55. The van der Waals surface area contributed by atoms with Crippen LogP contribution < -0.4 is 25.2 Å². The van der Waals surface area contributed by atoms with Crippen LogP contribution >= 0.6 is 22.9 Å². The molecule has 178 valence electrons. The summed E-state index contributed by atoms with van der Waals surface area (Å²) >= 11 is 1.92. The maximum Gasteiger partial charge on any atom is 0.312 e. The Morgan fingerprint density at radius 1 is 1.22 bits per heavy atom. The Morgan fingerprint density at radius 3 is 2.38 bits per heavy atom. The van der Waals surface area contributed by atoms with Crippen LogP contribution in [0.3, 0.4) is 0 Å². The predicted molar refractivity (Wildman–Crippen MR) is 130 cm³/mol. The van der Waals surface area contributed by atoms with Crippen LogP contribution in [0.5, 0.6) is 0 Å². The molecule has 0 spiro atoms. The summed E-state index contributed by atoms with van der Waals surface area (Å²) in [5.41, 5.74) is 5.47. The Kier molecular flexibility index (Phi) is 12.0. The number of nitrogens with one attached hydrogen (secondary N) is 4. The second kappa shape index (κ2) is 13.9. The molecular formula is C21H32IN5O5. The first-order valence-electron chi connectivity index (χ1n) is 10.3. The number of carbonyl (C=O) groups is 4. The maximum absolute atomic E-state index is 12.8. The number of anilines is 1. The van der Waals surface area contributed by atoms with Gasteiger partial charge in [-0.3, -0.25) is 9.59 Å². The fourth-order valence-corrected chi connectivity index (χ4v) is 3.91. The number of halogens is 1. The summed E-state index contributed by atoms with van der Waals surface area (Å²) in [5.74, 6) is -0.626. The van der Waals surface area contributed by atoms with Crippen LogP contribution in [0.4, 0.5) is 10.5 Å². The summed E-state index contributed by atoms with van der Waals surface area (Å²) in [7, 11) is 0. The molecule has 2 atom stereocenters. The third-order valence-corrected chi connectivity index (χ3v) is 5.44. The molecule has 0 aliphatic rings. The summed E-state index contributed by atoms with van der Waals surface area (Å²) in [6, 6.07) is 6.09. The highest BCUT2D eigenvalue weighted by molar-refractivity contribution is 14.1. The predicted octanol–water partition coefficient (Wildman–Crippen LogP) is 1.63. The highest BCUT2D eigenvalue weighted by Gasteiger charge is 2.34. The van der Waals surface area contributed by atoms with Crippen molar-refractivity contribution in [2.45, 2.75) is 51.8 Å². The first-order valence-corrected chi connectivity index (χ1v) is 11.3. The molecule has 3 amide bonds. The molecule has 1 aromatic carbocycles. The third kappa shape index (κ3) is 9.81. The normalized spacial score (nSPS) is 13.5. The van der Waals surface area contributed by atoms with E-state index in [1.807, 2.05) is 36.7 Å². The Labute approximate surface area is 202 Å². The van der Waals surface area contributed by atoms with Gasteiger partial charge in [-0.1, -0.05) is 26.0 Å². The number of nitrogens with two attached hydrogens (primary N) is 1. The summed E-state index contributed by atoms with van der Waals surface area (Å²) in [6.45, 7) is 5.77. The van der Waals surface area contributed by atoms with Crippen molar-refractivity contribution in [2.75, 3.05) is 18.4 Å². The van der Waals surface area contributed by atoms with Crippen LogP contribution in [-0.2, 0) is 25.7 Å². The van der Waals surface area contributed by atoms with E-state index in [2.05, 4.69) is 19.5 Å². The van der Waals surface area contributed by atoms with E-state index in [1.54, 1.807) is 24.3 Å². The van der Waals surface area contributed by atoms with Crippen LogP contribution in [0.25, 0.3) is 0 Å². The molecule has 1 aromatic rings. The second-order valence-electron chi connectivity index (χ2n) is 7.82. The number of hydrogen-bond donors (Lipinski definition) is 5. The average Bonchev–Trinajstić information content (AvgIpc) is 2.74. The number of ether oxygens (including phenoxy) is 1. The molecule has 6 N–H and O–H groups in total. The van der Waals surface area contributed by atoms with E-state index in [4.69, 9.17) is 10.5 Å². The van der Waals surface area contributed by atoms with Gasteiger partial charge in [0.2, 0.25) is 5.91 Å².